The first-order valence-corrected chi connectivity index (χ1v) is 12.9. The van der Waals surface area contributed by atoms with Crippen molar-refractivity contribution in [2.45, 2.75) is 26.2 Å². The average molecular weight is 414 g/mol. The van der Waals surface area contributed by atoms with Gasteiger partial charge in [-0.25, -0.2) is 0 Å². The number of alkyl halides is 2. The lowest BCUT2D eigenvalue weighted by molar-refractivity contribution is 0.559. The molecule has 0 saturated heterocycles. The Hall–Kier alpha value is 1.85. The first-order chi connectivity index (χ1) is 4.83. The third kappa shape index (κ3) is 6.00. The fourth-order valence-electron chi connectivity index (χ4n) is 0.829. The predicted molar refractivity (Wildman–Crippen MR) is 73.8 cm³/mol. The molecule has 0 heterocycles. The van der Waals surface area contributed by atoms with Crippen LogP contribution in [0.4, 0.5) is 0 Å². The van der Waals surface area contributed by atoms with Crippen molar-refractivity contribution in [1.82, 2.24) is 0 Å². The molecule has 5 heteroatoms. The second kappa shape index (κ2) is 4.92. The molecular formula is C6H16I2OSi2. The summed E-state index contributed by atoms with van der Waals surface area (Å²) in [6.45, 7) is 9.16. The summed E-state index contributed by atoms with van der Waals surface area (Å²) in [4.78, 5) is 0. The smallest absolute Gasteiger partial charge is 0.196 e. The van der Waals surface area contributed by atoms with E-state index in [-0.39, 0.29) is 0 Å². The molecule has 0 radical (unpaired) electrons. The van der Waals surface area contributed by atoms with Crippen LogP contribution in [0.3, 0.4) is 0 Å². The molecule has 0 rings (SSSR count). The largest absolute Gasteiger partial charge is 0.455 e. The average Bonchev–Trinajstić information content (AvgIpc) is 1.84. The van der Waals surface area contributed by atoms with Gasteiger partial charge < -0.3 is 4.12 Å². The van der Waals surface area contributed by atoms with Crippen LogP contribution in [0.15, 0.2) is 0 Å². The molecule has 0 saturated carbocycles. The molecule has 0 aromatic heterocycles. The summed E-state index contributed by atoms with van der Waals surface area (Å²) in [6.07, 6.45) is 0. The van der Waals surface area contributed by atoms with E-state index in [1.54, 1.807) is 0 Å². The normalized spacial score (nSPS) is 13.6. The van der Waals surface area contributed by atoms with Crippen molar-refractivity contribution in [3.63, 3.8) is 0 Å². The van der Waals surface area contributed by atoms with E-state index in [2.05, 4.69) is 71.4 Å². The summed E-state index contributed by atoms with van der Waals surface area (Å²) in [6, 6.07) is 0. The van der Waals surface area contributed by atoms with E-state index in [9.17, 15) is 0 Å². The molecule has 11 heavy (non-hydrogen) atoms. The Bertz CT molecular complexity index is 120. The zero-order valence-corrected chi connectivity index (χ0v) is 13.9. The molecule has 0 aliphatic rings. The van der Waals surface area contributed by atoms with E-state index in [1.807, 2.05) is 0 Å². The molecule has 0 atom stereocenters. The number of halogens is 2. The van der Waals surface area contributed by atoms with Crippen LogP contribution >= 0.6 is 45.2 Å². The molecule has 0 aliphatic carbocycles. The molecule has 0 bridgehead atoms. The van der Waals surface area contributed by atoms with Crippen molar-refractivity contribution in [2.24, 2.45) is 0 Å². The Kier molecular flexibility index (Phi) is 5.74. The van der Waals surface area contributed by atoms with Gasteiger partial charge in [0.05, 0.1) is 0 Å². The van der Waals surface area contributed by atoms with Crippen molar-refractivity contribution in [3.8, 4) is 0 Å². The highest BCUT2D eigenvalue weighted by atomic mass is 127. The molecule has 1 nitrogen and oxygen atoms in total. The minimum Gasteiger partial charge on any atom is -0.455 e. The fourth-order valence-corrected chi connectivity index (χ4v) is 14.8. The highest BCUT2D eigenvalue weighted by Crippen LogP contribution is 2.18. The van der Waals surface area contributed by atoms with Crippen LogP contribution in [-0.2, 0) is 4.12 Å². The maximum Gasteiger partial charge on any atom is 0.196 e. The van der Waals surface area contributed by atoms with Crippen LogP contribution in [0.5, 0.6) is 0 Å². The summed E-state index contributed by atoms with van der Waals surface area (Å²) in [7, 11) is -2.58. The van der Waals surface area contributed by atoms with Gasteiger partial charge in [0.25, 0.3) is 0 Å². The molecule has 0 aromatic carbocycles. The van der Waals surface area contributed by atoms with E-state index in [4.69, 9.17) is 4.12 Å². The van der Waals surface area contributed by atoms with Crippen LogP contribution in [0.25, 0.3) is 0 Å². The van der Waals surface area contributed by atoms with Crippen LogP contribution < -0.4 is 0 Å². The van der Waals surface area contributed by atoms with Gasteiger partial charge in [-0.1, -0.05) is 45.2 Å². The SMILES string of the molecule is C[Si](C)(C)O[Si](C)(CI)CI. The van der Waals surface area contributed by atoms with Gasteiger partial charge >= 0.3 is 0 Å². The topological polar surface area (TPSA) is 9.23 Å². The van der Waals surface area contributed by atoms with Gasteiger partial charge in [0, 0.05) is 8.10 Å². The van der Waals surface area contributed by atoms with Gasteiger partial charge in [-0.05, 0) is 26.2 Å². The third-order valence-corrected chi connectivity index (χ3v) is 16.4. The highest BCUT2D eigenvalue weighted by Gasteiger charge is 2.31. The predicted octanol–water partition coefficient (Wildman–Crippen LogP) is 3.36. The van der Waals surface area contributed by atoms with E-state index < -0.39 is 16.6 Å². The zero-order valence-electron chi connectivity index (χ0n) is 7.58. The number of hydrogen-bond donors (Lipinski definition) is 0. The quantitative estimate of drug-likeness (QED) is 0.390. The summed E-state index contributed by atoms with van der Waals surface area (Å²) in [5, 5.41) is 0. The van der Waals surface area contributed by atoms with Gasteiger partial charge in [0.15, 0.2) is 16.6 Å². The Morgan fingerprint density at radius 2 is 1.36 bits per heavy atom. The minimum atomic E-state index is -1.30. The second-order valence-corrected chi connectivity index (χ2v) is 17.0. The lowest BCUT2D eigenvalue weighted by Gasteiger charge is -2.31. The third-order valence-electron chi connectivity index (χ3n) is 1.12. The number of hydrogen-bond acceptors (Lipinski definition) is 1. The van der Waals surface area contributed by atoms with Gasteiger partial charge in [-0.3, -0.25) is 0 Å². The maximum atomic E-state index is 6.19. The van der Waals surface area contributed by atoms with Gasteiger partial charge in [0.2, 0.25) is 0 Å². The van der Waals surface area contributed by atoms with E-state index in [0.29, 0.717) is 0 Å². The van der Waals surface area contributed by atoms with Crippen LogP contribution in [0, 0.1) is 0 Å². The monoisotopic (exact) mass is 414 g/mol. The van der Waals surface area contributed by atoms with Crippen LogP contribution in [-0.4, -0.2) is 24.7 Å². The van der Waals surface area contributed by atoms with E-state index in [1.165, 1.54) is 8.10 Å². The molecule has 0 amide bonds. The van der Waals surface area contributed by atoms with Crippen molar-refractivity contribution in [2.75, 3.05) is 8.10 Å². The van der Waals surface area contributed by atoms with Gasteiger partial charge in [-0.2, -0.15) is 0 Å². The Morgan fingerprint density at radius 3 is 1.45 bits per heavy atom. The van der Waals surface area contributed by atoms with E-state index in [0.717, 1.165) is 0 Å². The molecule has 0 N–H and O–H groups in total. The second-order valence-electron chi connectivity index (χ2n) is 3.93. The van der Waals surface area contributed by atoms with E-state index >= 15 is 0 Å². The first-order valence-electron chi connectivity index (χ1n) is 3.65. The lowest BCUT2D eigenvalue weighted by atomic mass is 11.8. The Balaban J connectivity index is 4.08. The van der Waals surface area contributed by atoms with Crippen molar-refractivity contribution >= 4 is 61.8 Å². The molecule has 0 aliphatic heterocycles. The van der Waals surface area contributed by atoms with Crippen molar-refractivity contribution < 1.29 is 4.12 Å². The van der Waals surface area contributed by atoms with Crippen LogP contribution in [0.1, 0.15) is 0 Å². The first kappa shape index (κ1) is 12.9. The van der Waals surface area contributed by atoms with Gasteiger partial charge in [-0.15, -0.1) is 0 Å². The maximum absolute atomic E-state index is 6.19. The summed E-state index contributed by atoms with van der Waals surface area (Å²) in [5.74, 6) is 0. The molecule has 68 valence electrons. The molecule has 0 aromatic rings. The Morgan fingerprint density at radius 1 is 1.00 bits per heavy atom. The highest BCUT2D eigenvalue weighted by molar-refractivity contribution is 14.1. The summed E-state index contributed by atoms with van der Waals surface area (Å²) in [5.41, 5.74) is 0. The number of rotatable bonds is 4. The summed E-state index contributed by atoms with van der Waals surface area (Å²) >= 11 is 4.92. The molecule has 0 spiro atoms. The Labute approximate surface area is 99.2 Å². The lowest BCUT2D eigenvalue weighted by Crippen LogP contribution is -2.48. The van der Waals surface area contributed by atoms with Gasteiger partial charge in [0.1, 0.15) is 0 Å². The fraction of sp³-hybridized carbons (Fsp3) is 1.00. The van der Waals surface area contributed by atoms with Crippen LogP contribution in [0.2, 0.25) is 26.2 Å². The zero-order chi connectivity index (χ0) is 9.12. The van der Waals surface area contributed by atoms with Crippen molar-refractivity contribution in [3.05, 3.63) is 0 Å². The minimum absolute atomic E-state index is 1.22. The summed E-state index contributed by atoms with van der Waals surface area (Å²) < 4.78 is 8.63. The van der Waals surface area contributed by atoms with Crippen molar-refractivity contribution in [1.29, 1.82) is 0 Å². The molecular weight excluding hydrogens is 398 g/mol. The molecule has 0 fully saturated rings. The standard InChI is InChI=1S/C6H16I2OSi2/c1-10(2,3)9-11(4,5-7)6-8/h5-6H2,1-4H3. The molecule has 0 unspecified atom stereocenters.